The largest absolute Gasteiger partial charge is 0.448 e. The van der Waals surface area contributed by atoms with Gasteiger partial charge in [0.1, 0.15) is 11.6 Å². The summed E-state index contributed by atoms with van der Waals surface area (Å²) in [6, 6.07) is 11.9. The first-order chi connectivity index (χ1) is 13.8. The van der Waals surface area contributed by atoms with Crippen molar-refractivity contribution in [2.24, 2.45) is 0 Å². The minimum Gasteiger partial charge on any atom is -0.448 e. The van der Waals surface area contributed by atoms with E-state index >= 15 is 0 Å². The van der Waals surface area contributed by atoms with Gasteiger partial charge in [-0.15, -0.1) is 0 Å². The molecule has 3 rings (SSSR count). The van der Waals surface area contributed by atoms with E-state index in [9.17, 15) is 14.9 Å². The molecule has 1 aliphatic rings. The van der Waals surface area contributed by atoms with Crippen LogP contribution in [0.5, 0.6) is 0 Å². The van der Waals surface area contributed by atoms with Crippen LogP contribution >= 0.6 is 15.9 Å². The van der Waals surface area contributed by atoms with Crippen LogP contribution in [-0.4, -0.2) is 28.6 Å². The van der Waals surface area contributed by atoms with Gasteiger partial charge in [-0.25, -0.2) is 4.79 Å². The lowest BCUT2D eigenvalue weighted by Crippen LogP contribution is -2.37. The second kappa shape index (κ2) is 8.66. The van der Waals surface area contributed by atoms with Crippen molar-refractivity contribution < 1.29 is 14.3 Å². The molecule has 2 aromatic rings. The molecule has 1 aliphatic carbocycles. The molecule has 0 aliphatic heterocycles. The SMILES string of the molecule is Cc1cc(/C=C(\C#N)C(=O)OC(C)C(=O)NC2CC2)c(C)n1-c1ccc(Br)cc1. The van der Waals surface area contributed by atoms with E-state index in [-0.39, 0.29) is 17.5 Å². The quantitative estimate of drug-likeness (QED) is 0.405. The van der Waals surface area contributed by atoms with E-state index in [1.54, 1.807) is 0 Å². The Balaban J connectivity index is 1.80. The predicted molar refractivity (Wildman–Crippen MR) is 113 cm³/mol. The third-order valence-corrected chi connectivity index (χ3v) is 5.30. The van der Waals surface area contributed by atoms with Gasteiger partial charge >= 0.3 is 5.97 Å². The molecule has 1 heterocycles. The molecule has 1 fully saturated rings. The Morgan fingerprint density at radius 2 is 1.97 bits per heavy atom. The smallest absolute Gasteiger partial charge is 0.349 e. The van der Waals surface area contributed by atoms with Crippen molar-refractivity contribution in [1.29, 1.82) is 5.26 Å². The Hall–Kier alpha value is -2.85. The lowest BCUT2D eigenvalue weighted by atomic mass is 10.1. The Morgan fingerprint density at radius 3 is 2.55 bits per heavy atom. The molecule has 150 valence electrons. The fourth-order valence-corrected chi connectivity index (χ4v) is 3.30. The Kier molecular flexibility index (Phi) is 6.23. The number of aryl methyl sites for hydroxylation is 1. The van der Waals surface area contributed by atoms with Crippen molar-refractivity contribution in [3.8, 4) is 11.8 Å². The number of nitrogens with one attached hydrogen (secondary N) is 1. The standard InChI is InChI=1S/C22H22BrN3O3/c1-13-10-16(14(2)26(13)20-8-4-18(23)5-9-20)11-17(12-24)22(28)29-15(3)21(27)25-19-6-7-19/h4-5,8-11,15,19H,6-7H2,1-3H3,(H,25,27)/b17-11+. The predicted octanol–water partition coefficient (Wildman–Crippen LogP) is 3.97. The van der Waals surface area contributed by atoms with Gasteiger partial charge in [-0.2, -0.15) is 5.26 Å². The van der Waals surface area contributed by atoms with Crippen molar-refractivity contribution in [2.45, 2.75) is 45.8 Å². The first-order valence-electron chi connectivity index (χ1n) is 9.38. The van der Waals surface area contributed by atoms with Crippen LogP contribution in [-0.2, 0) is 14.3 Å². The summed E-state index contributed by atoms with van der Waals surface area (Å²) in [5, 5.41) is 12.2. The fourth-order valence-electron chi connectivity index (χ4n) is 3.04. The van der Waals surface area contributed by atoms with Gasteiger partial charge in [-0.3, -0.25) is 4.79 Å². The van der Waals surface area contributed by atoms with Gasteiger partial charge in [0.05, 0.1) is 0 Å². The van der Waals surface area contributed by atoms with Crippen molar-refractivity contribution in [2.75, 3.05) is 0 Å². The van der Waals surface area contributed by atoms with E-state index in [4.69, 9.17) is 4.74 Å². The maximum Gasteiger partial charge on any atom is 0.349 e. The molecule has 0 bridgehead atoms. The van der Waals surface area contributed by atoms with Crippen LogP contribution < -0.4 is 5.32 Å². The van der Waals surface area contributed by atoms with Crippen LogP contribution in [0.3, 0.4) is 0 Å². The highest BCUT2D eigenvalue weighted by molar-refractivity contribution is 9.10. The summed E-state index contributed by atoms with van der Waals surface area (Å²) in [4.78, 5) is 24.4. The monoisotopic (exact) mass is 455 g/mol. The van der Waals surface area contributed by atoms with Gasteiger partial charge in [0.25, 0.3) is 5.91 Å². The Bertz CT molecular complexity index is 1010. The van der Waals surface area contributed by atoms with E-state index in [1.807, 2.05) is 54.8 Å². The molecular weight excluding hydrogens is 434 g/mol. The number of amides is 1. The van der Waals surface area contributed by atoms with E-state index in [2.05, 4.69) is 21.2 Å². The zero-order valence-corrected chi connectivity index (χ0v) is 18.1. The number of hydrogen-bond donors (Lipinski definition) is 1. The van der Waals surface area contributed by atoms with Crippen LogP contribution in [0.25, 0.3) is 11.8 Å². The molecule has 29 heavy (non-hydrogen) atoms. The minimum absolute atomic E-state index is 0.146. The molecule has 7 heteroatoms. The Morgan fingerprint density at radius 1 is 1.31 bits per heavy atom. The summed E-state index contributed by atoms with van der Waals surface area (Å²) in [6.07, 6.45) is 2.45. The van der Waals surface area contributed by atoms with Crippen molar-refractivity contribution in [3.63, 3.8) is 0 Å². The van der Waals surface area contributed by atoms with E-state index < -0.39 is 12.1 Å². The number of carbonyl (C=O) groups excluding carboxylic acids is 2. The molecule has 1 N–H and O–H groups in total. The second-order valence-corrected chi connectivity index (χ2v) is 8.05. The maximum atomic E-state index is 12.4. The summed E-state index contributed by atoms with van der Waals surface area (Å²) in [5.41, 5.74) is 3.44. The number of carbonyl (C=O) groups is 2. The molecule has 6 nitrogen and oxygen atoms in total. The molecule has 0 saturated heterocycles. The zero-order chi connectivity index (χ0) is 21.1. The van der Waals surface area contributed by atoms with Crippen molar-refractivity contribution in [3.05, 3.63) is 57.3 Å². The molecule has 1 unspecified atom stereocenters. The van der Waals surface area contributed by atoms with Crippen LogP contribution in [0.1, 0.15) is 36.7 Å². The summed E-state index contributed by atoms with van der Waals surface area (Å²) >= 11 is 3.43. The number of nitriles is 1. The van der Waals surface area contributed by atoms with Crippen LogP contribution in [0.2, 0.25) is 0 Å². The zero-order valence-electron chi connectivity index (χ0n) is 16.5. The highest BCUT2D eigenvalue weighted by atomic mass is 79.9. The average Bonchev–Trinajstić information content (AvgIpc) is 3.45. The van der Waals surface area contributed by atoms with Gasteiger partial charge in [0.15, 0.2) is 6.10 Å². The second-order valence-electron chi connectivity index (χ2n) is 7.14. The third kappa shape index (κ3) is 4.96. The highest BCUT2D eigenvalue weighted by Crippen LogP contribution is 2.24. The summed E-state index contributed by atoms with van der Waals surface area (Å²) in [7, 11) is 0. The molecule has 1 aromatic heterocycles. The minimum atomic E-state index is -0.949. The van der Waals surface area contributed by atoms with E-state index in [0.717, 1.165) is 40.0 Å². The number of esters is 1. The van der Waals surface area contributed by atoms with Crippen LogP contribution in [0.4, 0.5) is 0 Å². The Labute approximate surface area is 178 Å². The van der Waals surface area contributed by atoms with Crippen molar-refractivity contribution in [1.82, 2.24) is 9.88 Å². The number of halogens is 1. The molecule has 1 amide bonds. The van der Waals surface area contributed by atoms with Gasteiger partial charge in [-0.1, -0.05) is 15.9 Å². The number of hydrogen-bond acceptors (Lipinski definition) is 4. The number of ether oxygens (including phenoxy) is 1. The maximum absolute atomic E-state index is 12.4. The molecule has 0 radical (unpaired) electrons. The molecular formula is C22H22BrN3O3. The average molecular weight is 456 g/mol. The number of rotatable bonds is 6. The highest BCUT2D eigenvalue weighted by Gasteiger charge is 2.28. The van der Waals surface area contributed by atoms with Crippen molar-refractivity contribution >= 4 is 33.9 Å². The summed E-state index contributed by atoms with van der Waals surface area (Å²) < 4.78 is 8.22. The number of benzene rings is 1. The van der Waals surface area contributed by atoms with E-state index in [0.29, 0.717) is 0 Å². The molecule has 1 atom stereocenters. The van der Waals surface area contributed by atoms with Gasteiger partial charge < -0.3 is 14.6 Å². The molecule has 1 aromatic carbocycles. The van der Waals surface area contributed by atoms with Crippen LogP contribution in [0.15, 0.2) is 40.4 Å². The lowest BCUT2D eigenvalue weighted by molar-refractivity contribution is -0.150. The fraction of sp³-hybridized carbons (Fsp3) is 0.318. The first kappa shape index (κ1) is 20.9. The van der Waals surface area contributed by atoms with Gasteiger partial charge in [0.2, 0.25) is 0 Å². The van der Waals surface area contributed by atoms with Gasteiger partial charge in [0, 0.05) is 27.6 Å². The first-order valence-corrected chi connectivity index (χ1v) is 10.2. The number of nitrogens with zero attached hydrogens (tertiary/aromatic N) is 2. The normalized spacial score (nSPS) is 14.8. The van der Waals surface area contributed by atoms with Gasteiger partial charge in [-0.05, 0) is 75.6 Å². The molecule has 0 spiro atoms. The third-order valence-electron chi connectivity index (χ3n) is 4.77. The topological polar surface area (TPSA) is 84.1 Å². The summed E-state index contributed by atoms with van der Waals surface area (Å²) in [6.45, 7) is 5.39. The molecule has 1 saturated carbocycles. The van der Waals surface area contributed by atoms with E-state index in [1.165, 1.54) is 13.0 Å². The van der Waals surface area contributed by atoms with Crippen LogP contribution in [0, 0.1) is 25.2 Å². The summed E-state index contributed by atoms with van der Waals surface area (Å²) in [5.74, 6) is -1.15. The number of aromatic nitrogens is 1. The lowest BCUT2D eigenvalue weighted by Gasteiger charge is -2.12.